The van der Waals surface area contributed by atoms with Crippen molar-refractivity contribution in [1.82, 2.24) is 0 Å². The van der Waals surface area contributed by atoms with E-state index in [4.69, 9.17) is 0 Å². The fourth-order valence-electron chi connectivity index (χ4n) is 6.10. The SMILES string of the molecule is [AsH2]C(c1ccccc1)(c1ccccc1)C1CCCC1C([AsH2])(c1ccccc1)c1ccccc1. The Morgan fingerprint density at radius 1 is 0.424 bits per heavy atom. The van der Waals surface area contributed by atoms with E-state index in [1.165, 1.54) is 41.5 Å². The molecule has 4 unspecified atom stereocenters. The number of hydrogen-bond donors (Lipinski definition) is 0. The topological polar surface area (TPSA) is 0 Å². The first-order valence-corrected chi connectivity index (χ1v) is 14.4. The molecule has 4 aromatic rings. The molecule has 0 heterocycles. The summed E-state index contributed by atoms with van der Waals surface area (Å²) in [7, 11) is 0. The van der Waals surface area contributed by atoms with Gasteiger partial charge in [0.15, 0.2) is 0 Å². The summed E-state index contributed by atoms with van der Waals surface area (Å²) in [5, 5.41) is 0. The molecule has 1 fully saturated rings. The van der Waals surface area contributed by atoms with Crippen molar-refractivity contribution >= 4 is 33.7 Å². The van der Waals surface area contributed by atoms with E-state index in [9.17, 15) is 0 Å². The molecule has 0 N–H and O–H groups in total. The summed E-state index contributed by atoms with van der Waals surface area (Å²) in [6, 6.07) is 45.2. The van der Waals surface area contributed by atoms with Gasteiger partial charge >= 0.3 is 217 Å². The van der Waals surface area contributed by atoms with Crippen LogP contribution in [0.5, 0.6) is 0 Å². The second-order valence-electron chi connectivity index (χ2n) is 9.35. The monoisotopic (exact) mass is 554 g/mol. The molecule has 0 nitrogen and oxygen atoms in total. The van der Waals surface area contributed by atoms with Gasteiger partial charge in [0.2, 0.25) is 0 Å². The van der Waals surface area contributed by atoms with E-state index in [1.54, 1.807) is 0 Å². The van der Waals surface area contributed by atoms with Crippen LogP contribution in [0.25, 0.3) is 0 Å². The molecule has 0 amide bonds. The van der Waals surface area contributed by atoms with Crippen LogP contribution in [0.15, 0.2) is 121 Å². The number of hydrogen-bond acceptors (Lipinski definition) is 0. The normalized spacial score (nSPS) is 18.8. The first-order valence-electron chi connectivity index (χ1n) is 11.9. The Morgan fingerprint density at radius 2 is 0.667 bits per heavy atom. The van der Waals surface area contributed by atoms with Gasteiger partial charge in [-0.1, -0.05) is 0 Å². The van der Waals surface area contributed by atoms with Crippen LogP contribution in [0.2, 0.25) is 0 Å². The van der Waals surface area contributed by atoms with Crippen molar-refractivity contribution in [3.05, 3.63) is 144 Å². The van der Waals surface area contributed by atoms with Crippen molar-refractivity contribution in [3.63, 3.8) is 0 Å². The van der Waals surface area contributed by atoms with E-state index >= 15 is 0 Å². The zero-order valence-corrected chi connectivity index (χ0v) is 23.8. The van der Waals surface area contributed by atoms with Crippen LogP contribution in [0.1, 0.15) is 41.5 Å². The van der Waals surface area contributed by atoms with Gasteiger partial charge in [0.05, 0.1) is 0 Å². The third-order valence-electron chi connectivity index (χ3n) is 7.69. The molecule has 0 saturated heterocycles. The molecule has 4 atom stereocenters. The third kappa shape index (κ3) is 4.07. The Kier molecular flexibility index (Phi) is 6.69. The van der Waals surface area contributed by atoms with Crippen LogP contribution in [-0.4, -0.2) is 33.7 Å². The molecule has 4 aromatic carbocycles. The van der Waals surface area contributed by atoms with Gasteiger partial charge in [0.25, 0.3) is 0 Å². The summed E-state index contributed by atoms with van der Waals surface area (Å²) < 4.78 is 0.0508. The van der Waals surface area contributed by atoms with Crippen LogP contribution in [0, 0.1) is 11.8 Å². The Balaban J connectivity index is 1.70. The first kappa shape index (κ1) is 22.8. The van der Waals surface area contributed by atoms with Crippen molar-refractivity contribution in [2.75, 3.05) is 0 Å². The average Bonchev–Trinajstić information content (AvgIpc) is 3.41. The molecule has 33 heavy (non-hydrogen) atoms. The van der Waals surface area contributed by atoms with Gasteiger partial charge in [-0.3, -0.25) is 0 Å². The van der Waals surface area contributed by atoms with Crippen LogP contribution >= 0.6 is 0 Å². The Hall–Kier alpha value is -2.00. The van der Waals surface area contributed by atoms with Gasteiger partial charge in [-0.15, -0.1) is 0 Å². The molecular formula is C31H32As2. The van der Waals surface area contributed by atoms with E-state index < -0.39 is 0 Å². The summed E-state index contributed by atoms with van der Waals surface area (Å²) in [4.78, 5) is 0. The molecule has 1 aliphatic rings. The van der Waals surface area contributed by atoms with Gasteiger partial charge < -0.3 is 0 Å². The Bertz CT molecular complexity index is 983. The van der Waals surface area contributed by atoms with E-state index in [-0.39, 0.29) is 8.41 Å². The number of benzene rings is 4. The molecule has 2 heteroatoms. The van der Waals surface area contributed by atoms with E-state index in [1.807, 2.05) is 33.7 Å². The molecule has 1 saturated carbocycles. The zero-order valence-electron chi connectivity index (χ0n) is 19.0. The molecule has 166 valence electrons. The summed E-state index contributed by atoms with van der Waals surface area (Å²) >= 11 is 3.74. The molecule has 0 spiro atoms. The van der Waals surface area contributed by atoms with Crippen LogP contribution < -0.4 is 0 Å². The Labute approximate surface area is 215 Å². The van der Waals surface area contributed by atoms with Crippen LogP contribution in [0.4, 0.5) is 0 Å². The summed E-state index contributed by atoms with van der Waals surface area (Å²) in [5.41, 5.74) is 5.85. The molecule has 0 aliphatic heterocycles. The second kappa shape index (κ2) is 9.70. The van der Waals surface area contributed by atoms with Crippen LogP contribution in [-0.2, 0) is 8.41 Å². The summed E-state index contributed by atoms with van der Waals surface area (Å²) in [6.45, 7) is 0. The fourth-order valence-corrected chi connectivity index (χ4v) is 9.38. The zero-order chi connectivity index (χ0) is 22.7. The van der Waals surface area contributed by atoms with Crippen molar-refractivity contribution in [3.8, 4) is 0 Å². The molecule has 0 aromatic heterocycles. The minimum atomic E-state index is 0.0254. The molecule has 1 aliphatic carbocycles. The average molecular weight is 554 g/mol. The number of rotatable bonds is 6. The second-order valence-corrected chi connectivity index (χ2v) is 13.2. The van der Waals surface area contributed by atoms with Gasteiger partial charge in [-0.2, -0.15) is 0 Å². The van der Waals surface area contributed by atoms with Crippen molar-refractivity contribution in [2.45, 2.75) is 27.7 Å². The predicted octanol–water partition coefficient (Wildman–Crippen LogP) is 5.56. The fraction of sp³-hybridized carbons (Fsp3) is 0.226. The van der Waals surface area contributed by atoms with E-state index in [0.29, 0.717) is 11.8 Å². The van der Waals surface area contributed by atoms with Crippen molar-refractivity contribution in [1.29, 1.82) is 0 Å². The quantitative estimate of drug-likeness (QED) is 0.274. The molecule has 5 rings (SSSR count). The van der Waals surface area contributed by atoms with Gasteiger partial charge in [0.1, 0.15) is 0 Å². The first-order chi connectivity index (χ1) is 16.1. The predicted molar refractivity (Wildman–Crippen MR) is 145 cm³/mol. The van der Waals surface area contributed by atoms with E-state index in [2.05, 4.69) is 121 Å². The molecule has 0 radical (unpaired) electrons. The third-order valence-corrected chi connectivity index (χ3v) is 12.3. The maximum atomic E-state index is 2.36. The van der Waals surface area contributed by atoms with Gasteiger partial charge in [0, 0.05) is 0 Å². The summed E-state index contributed by atoms with van der Waals surface area (Å²) in [5.74, 6) is 1.16. The molecular weight excluding hydrogens is 522 g/mol. The van der Waals surface area contributed by atoms with E-state index in [0.717, 1.165) is 0 Å². The van der Waals surface area contributed by atoms with Crippen molar-refractivity contribution < 1.29 is 0 Å². The van der Waals surface area contributed by atoms with Gasteiger partial charge in [-0.25, -0.2) is 0 Å². The molecule has 0 bridgehead atoms. The van der Waals surface area contributed by atoms with Crippen molar-refractivity contribution in [2.24, 2.45) is 11.8 Å². The minimum absolute atomic E-state index is 0.0254. The van der Waals surface area contributed by atoms with Gasteiger partial charge in [-0.05, 0) is 0 Å². The maximum absolute atomic E-state index is 2.36. The summed E-state index contributed by atoms with van der Waals surface area (Å²) in [6.07, 6.45) is 3.85. The standard InChI is InChI=1S/C31H32As2/c32-30(24-14-5-1-6-15-24,25-16-7-2-8-17-25)28-22-13-23-29(28)31(33,26-18-9-3-10-19-26)27-20-11-4-12-21-27/h1-12,14-21,28-29H,13,22-23,32-33H2. The van der Waals surface area contributed by atoms with Crippen LogP contribution in [0.3, 0.4) is 0 Å². The Morgan fingerprint density at radius 3 is 0.909 bits per heavy atom.